The number of aromatic nitrogens is 4. The molecule has 2 aromatic carbocycles. The van der Waals surface area contributed by atoms with E-state index in [0.29, 0.717) is 39.6 Å². The fraction of sp³-hybridized carbons (Fsp3) is 0.214. The Morgan fingerprint density at radius 2 is 1.87 bits per heavy atom. The van der Waals surface area contributed by atoms with Crippen molar-refractivity contribution in [2.24, 2.45) is 4.99 Å². The summed E-state index contributed by atoms with van der Waals surface area (Å²) in [6.45, 7) is 7.76. The quantitative estimate of drug-likeness (QED) is 0.258. The highest BCUT2D eigenvalue weighted by molar-refractivity contribution is 6.15. The van der Waals surface area contributed by atoms with Crippen molar-refractivity contribution in [3.8, 4) is 0 Å². The molecule has 0 radical (unpaired) electrons. The molecule has 2 aromatic heterocycles. The molecule has 4 aromatic rings. The second-order valence-electron chi connectivity index (χ2n) is 10.1. The average molecular weight is 510 g/mol. The van der Waals surface area contributed by atoms with Gasteiger partial charge in [-0.2, -0.15) is 10.2 Å². The maximum Gasteiger partial charge on any atom is 0.273 e. The van der Waals surface area contributed by atoms with Crippen LogP contribution in [0.3, 0.4) is 0 Å². The lowest BCUT2D eigenvalue weighted by atomic mass is 9.96. The van der Waals surface area contributed by atoms with Crippen LogP contribution in [0.2, 0.25) is 0 Å². The fourth-order valence-electron chi connectivity index (χ4n) is 4.32. The molecule has 0 fully saturated rings. The Hall–Kier alpha value is -4.86. The molecule has 0 bridgehead atoms. The van der Waals surface area contributed by atoms with Gasteiger partial charge in [0, 0.05) is 34.8 Å². The van der Waals surface area contributed by atoms with Crippen LogP contribution in [0.25, 0.3) is 0 Å². The number of benzene rings is 2. The number of amides is 2. The Bertz CT molecular complexity index is 1580. The molecule has 192 valence electrons. The van der Waals surface area contributed by atoms with Crippen LogP contribution in [0.5, 0.6) is 0 Å². The van der Waals surface area contributed by atoms with Crippen LogP contribution in [0.1, 0.15) is 64.4 Å². The molecule has 0 saturated heterocycles. The number of anilines is 2. The van der Waals surface area contributed by atoms with E-state index in [1.807, 2.05) is 27.7 Å². The summed E-state index contributed by atoms with van der Waals surface area (Å²) in [6, 6.07) is 15.3. The van der Waals surface area contributed by atoms with Crippen LogP contribution in [0.15, 0.2) is 65.8 Å². The molecule has 3 N–H and O–H groups in total. The molecule has 0 aliphatic carbocycles. The number of aryl methyl sites for hydroxylation is 1. The first-order valence-electron chi connectivity index (χ1n) is 12.1. The van der Waals surface area contributed by atoms with Gasteiger partial charge in [-0.1, -0.05) is 12.1 Å². The number of hydrogen-bond donors (Lipinski definition) is 3. The molecule has 2 amide bonds. The van der Waals surface area contributed by atoms with Gasteiger partial charge in [0.15, 0.2) is 5.78 Å². The highest BCUT2D eigenvalue weighted by Gasteiger charge is 2.30. The highest BCUT2D eigenvalue weighted by Crippen LogP contribution is 2.33. The average Bonchev–Trinajstić information content (AvgIpc) is 3.60. The molecular weight excluding hydrogens is 482 g/mol. The number of carbonyl (C=O) groups is 3. The molecular formula is C28H27N7O3. The minimum atomic E-state index is -0.636. The molecule has 0 spiro atoms. The Morgan fingerprint density at radius 3 is 2.61 bits per heavy atom. The third-order valence-electron chi connectivity index (χ3n) is 6.12. The molecule has 3 heterocycles. The summed E-state index contributed by atoms with van der Waals surface area (Å²) in [5, 5.41) is 16.7. The van der Waals surface area contributed by atoms with Gasteiger partial charge in [0.05, 0.1) is 17.4 Å². The maximum atomic E-state index is 13.4. The number of fused-ring (bicyclic) bond motifs is 1. The second kappa shape index (κ2) is 9.55. The third-order valence-corrected chi connectivity index (χ3v) is 6.12. The Labute approximate surface area is 219 Å². The Morgan fingerprint density at radius 1 is 1.08 bits per heavy atom. The number of nitrogens with zero attached hydrogens (tertiary/aromatic N) is 4. The third kappa shape index (κ3) is 4.88. The van der Waals surface area contributed by atoms with E-state index >= 15 is 0 Å². The van der Waals surface area contributed by atoms with Crippen molar-refractivity contribution in [3.63, 3.8) is 0 Å². The SMILES string of the molecule is Cc1cc(C(=O)Nc2cccc(C(=O)c3ccc4c(c3)C(C=Nc3ccn[nH]3)C(=O)N4)c2)n(C(C)(C)C)n1. The predicted molar refractivity (Wildman–Crippen MR) is 144 cm³/mol. The van der Waals surface area contributed by atoms with Crippen LogP contribution in [0, 0.1) is 6.92 Å². The first kappa shape index (κ1) is 24.8. The number of H-pyrrole nitrogens is 1. The van der Waals surface area contributed by atoms with Gasteiger partial charge in [-0.15, -0.1) is 0 Å². The molecule has 5 rings (SSSR count). The highest BCUT2D eigenvalue weighted by atomic mass is 16.2. The summed E-state index contributed by atoms with van der Waals surface area (Å²) < 4.78 is 1.69. The standard InChI is InChI=1S/C28H27N7O3/c1-16-12-23(35(34-16)28(2,3)4)27(38)31-19-7-5-6-17(13-19)25(36)18-8-9-22-20(14-18)21(26(37)32-22)15-29-24-10-11-30-33-24/h5-15,21H,1-4H3,(H,30,33)(H,31,38)(H,32,37). The van der Waals surface area contributed by atoms with Crippen molar-refractivity contribution in [1.29, 1.82) is 0 Å². The smallest absolute Gasteiger partial charge is 0.273 e. The van der Waals surface area contributed by atoms with Crippen LogP contribution >= 0.6 is 0 Å². The fourth-order valence-corrected chi connectivity index (χ4v) is 4.32. The number of hydrogen-bond acceptors (Lipinski definition) is 6. The second-order valence-corrected chi connectivity index (χ2v) is 10.1. The van der Waals surface area contributed by atoms with E-state index < -0.39 is 5.92 Å². The minimum absolute atomic E-state index is 0.220. The number of carbonyl (C=O) groups excluding carboxylic acids is 3. The van der Waals surface area contributed by atoms with Crippen molar-refractivity contribution in [1.82, 2.24) is 20.0 Å². The van der Waals surface area contributed by atoms with Crippen molar-refractivity contribution >= 4 is 41.0 Å². The van der Waals surface area contributed by atoms with Crippen molar-refractivity contribution < 1.29 is 14.4 Å². The van der Waals surface area contributed by atoms with Gasteiger partial charge in [-0.25, -0.2) is 4.99 Å². The molecule has 1 atom stereocenters. The summed E-state index contributed by atoms with van der Waals surface area (Å²) in [5.41, 5.74) is 3.43. The van der Waals surface area contributed by atoms with Crippen molar-refractivity contribution in [2.45, 2.75) is 39.2 Å². The van der Waals surface area contributed by atoms with E-state index in [1.165, 1.54) is 6.21 Å². The predicted octanol–water partition coefficient (Wildman–Crippen LogP) is 4.59. The van der Waals surface area contributed by atoms with E-state index in [9.17, 15) is 14.4 Å². The normalized spacial score (nSPS) is 14.9. The summed E-state index contributed by atoms with van der Waals surface area (Å²) in [6.07, 6.45) is 3.10. The largest absolute Gasteiger partial charge is 0.325 e. The van der Waals surface area contributed by atoms with Crippen LogP contribution in [-0.4, -0.2) is 43.8 Å². The number of nitrogens with one attached hydrogen (secondary N) is 3. The summed E-state index contributed by atoms with van der Waals surface area (Å²) in [7, 11) is 0. The summed E-state index contributed by atoms with van der Waals surface area (Å²) in [5.74, 6) is -0.877. The minimum Gasteiger partial charge on any atom is -0.325 e. The van der Waals surface area contributed by atoms with Gasteiger partial charge in [-0.05, 0) is 69.7 Å². The lowest BCUT2D eigenvalue weighted by Crippen LogP contribution is -2.29. The van der Waals surface area contributed by atoms with Crippen LogP contribution in [0.4, 0.5) is 17.2 Å². The molecule has 10 heteroatoms. The molecule has 1 unspecified atom stereocenters. The van der Waals surface area contributed by atoms with Gasteiger partial charge in [-0.3, -0.25) is 24.2 Å². The zero-order valence-corrected chi connectivity index (χ0v) is 21.4. The molecule has 38 heavy (non-hydrogen) atoms. The Balaban J connectivity index is 1.38. The number of aromatic amines is 1. The molecule has 10 nitrogen and oxygen atoms in total. The van der Waals surface area contributed by atoms with Crippen LogP contribution < -0.4 is 10.6 Å². The maximum absolute atomic E-state index is 13.4. The molecule has 1 aliphatic heterocycles. The summed E-state index contributed by atoms with van der Waals surface area (Å²) in [4.78, 5) is 43.3. The van der Waals surface area contributed by atoms with Gasteiger partial charge < -0.3 is 10.6 Å². The van der Waals surface area contributed by atoms with E-state index in [0.717, 1.165) is 5.69 Å². The van der Waals surface area contributed by atoms with Gasteiger partial charge in [0.25, 0.3) is 5.91 Å². The van der Waals surface area contributed by atoms with Gasteiger partial charge in [0.1, 0.15) is 17.4 Å². The molecule has 0 saturated carbocycles. The number of rotatable bonds is 6. The van der Waals surface area contributed by atoms with Crippen molar-refractivity contribution in [3.05, 3.63) is 88.9 Å². The van der Waals surface area contributed by atoms with Crippen molar-refractivity contribution in [2.75, 3.05) is 10.6 Å². The topological polar surface area (TPSA) is 134 Å². The summed E-state index contributed by atoms with van der Waals surface area (Å²) >= 11 is 0. The first-order valence-corrected chi connectivity index (χ1v) is 12.1. The van der Waals surface area contributed by atoms with E-state index in [1.54, 1.807) is 65.5 Å². The van der Waals surface area contributed by atoms with Crippen LogP contribution in [-0.2, 0) is 10.3 Å². The molecule has 1 aliphatic rings. The first-order chi connectivity index (χ1) is 18.1. The van der Waals surface area contributed by atoms with E-state index in [-0.39, 0.29) is 23.1 Å². The van der Waals surface area contributed by atoms with Gasteiger partial charge in [0.2, 0.25) is 5.91 Å². The lowest BCUT2D eigenvalue weighted by molar-refractivity contribution is -0.115. The zero-order valence-electron chi connectivity index (χ0n) is 21.4. The lowest BCUT2D eigenvalue weighted by Gasteiger charge is -2.22. The van der Waals surface area contributed by atoms with Gasteiger partial charge >= 0.3 is 0 Å². The van der Waals surface area contributed by atoms with E-state index in [4.69, 9.17) is 0 Å². The van der Waals surface area contributed by atoms with E-state index in [2.05, 4.69) is 30.9 Å². The zero-order chi connectivity index (χ0) is 27.0. The number of aliphatic imine (C=N–C) groups is 1. The monoisotopic (exact) mass is 509 g/mol. The Kier molecular flexibility index (Phi) is 6.23. The number of ketones is 1.